The van der Waals surface area contributed by atoms with Crippen LogP contribution in [0.5, 0.6) is 0 Å². The Hall–Kier alpha value is -0.0200. The summed E-state index contributed by atoms with van der Waals surface area (Å²) in [5.74, 6) is 1.46. The largest absolute Gasteiger partial charge is 0.268 e. The summed E-state index contributed by atoms with van der Waals surface area (Å²) >= 11 is 10.1. The number of alkyl halides is 1. The fraction of sp³-hybridized carbons (Fsp3) is 0.769. The van der Waals surface area contributed by atoms with E-state index in [1.807, 2.05) is 6.92 Å². The average molecular weight is 320 g/mol. The SMILES string of the molecule is CCn1nc(C)c(Cl)c1CC1CCC(Br)C1C. The summed E-state index contributed by atoms with van der Waals surface area (Å²) in [5.41, 5.74) is 2.19. The van der Waals surface area contributed by atoms with E-state index in [4.69, 9.17) is 11.6 Å². The van der Waals surface area contributed by atoms with Crippen LogP contribution in [0, 0.1) is 18.8 Å². The third-order valence-electron chi connectivity index (χ3n) is 4.04. The molecule has 96 valence electrons. The van der Waals surface area contributed by atoms with E-state index in [1.54, 1.807) is 0 Å². The lowest BCUT2D eigenvalue weighted by atomic mass is 9.93. The molecule has 0 saturated heterocycles. The Labute approximate surface area is 117 Å². The van der Waals surface area contributed by atoms with Crippen LogP contribution in [0.3, 0.4) is 0 Å². The van der Waals surface area contributed by atoms with Gasteiger partial charge in [0.2, 0.25) is 0 Å². The van der Waals surface area contributed by atoms with E-state index < -0.39 is 0 Å². The first-order chi connectivity index (χ1) is 8.04. The van der Waals surface area contributed by atoms with Gasteiger partial charge in [0.15, 0.2) is 0 Å². The Morgan fingerprint density at radius 1 is 1.47 bits per heavy atom. The summed E-state index contributed by atoms with van der Waals surface area (Å²) in [6.45, 7) is 7.35. The summed E-state index contributed by atoms with van der Waals surface area (Å²) in [6.07, 6.45) is 3.64. The van der Waals surface area contributed by atoms with Gasteiger partial charge in [-0.15, -0.1) is 0 Å². The number of hydrogen-bond acceptors (Lipinski definition) is 1. The lowest BCUT2D eigenvalue weighted by Crippen LogP contribution is -2.15. The number of aromatic nitrogens is 2. The number of aryl methyl sites for hydroxylation is 2. The summed E-state index contributed by atoms with van der Waals surface area (Å²) in [7, 11) is 0. The predicted octanol–water partition coefficient (Wildman–Crippen LogP) is 4.22. The van der Waals surface area contributed by atoms with Gasteiger partial charge in [-0.1, -0.05) is 34.5 Å². The molecule has 1 aliphatic rings. The second kappa shape index (κ2) is 5.31. The lowest BCUT2D eigenvalue weighted by Gasteiger charge is -2.18. The standard InChI is InChI=1S/C13H20BrClN2/c1-4-17-12(13(15)9(3)16-17)7-10-5-6-11(14)8(10)2/h8,10-11H,4-7H2,1-3H3. The zero-order valence-electron chi connectivity index (χ0n) is 10.7. The van der Waals surface area contributed by atoms with Crippen LogP contribution >= 0.6 is 27.5 Å². The van der Waals surface area contributed by atoms with E-state index in [0.29, 0.717) is 4.83 Å². The molecule has 4 heteroatoms. The quantitative estimate of drug-likeness (QED) is 0.763. The maximum atomic E-state index is 6.36. The molecule has 3 unspecified atom stereocenters. The molecule has 1 aromatic rings. The average Bonchev–Trinajstić information content (AvgIpc) is 2.76. The molecular weight excluding hydrogens is 300 g/mol. The van der Waals surface area contributed by atoms with Crippen molar-refractivity contribution in [3.05, 3.63) is 16.4 Å². The van der Waals surface area contributed by atoms with Gasteiger partial charge in [0.25, 0.3) is 0 Å². The van der Waals surface area contributed by atoms with Crippen molar-refractivity contribution in [3.8, 4) is 0 Å². The van der Waals surface area contributed by atoms with Crippen LogP contribution in [0.4, 0.5) is 0 Å². The van der Waals surface area contributed by atoms with E-state index in [-0.39, 0.29) is 0 Å². The molecule has 3 atom stereocenters. The molecule has 0 amide bonds. The molecule has 1 heterocycles. The molecule has 0 N–H and O–H groups in total. The van der Waals surface area contributed by atoms with Crippen molar-refractivity contribution in [2.75, 3.05) is 0 Å². The van der Waals surface area contributed by atoms with Gasteiger partial charge in [-0.25, -0.2) is 0 Å². The Kier molecular flexibility index (Phi) is 4.19. The van der Waals surface area contributed by atoms with Gasteiger partial charge in [0.1, 0.15) is 0 Å². The highest BCUT2D eigenvalue weighted by Crippen LogP contribution is 2.39. The molecule has 0 aliphatic heterocycles. The summed E-state index contributed by atoms with van der Waals surface area (Å²) in [4.78, 5) is 0.672. The zero-order chi connectivity index (χ0) is 12.6. The minimum absolute atomic E-state index is 0.672. The molecule has 0 bridgehead atoms. The van der Waals surface area contributed by atoms with Crippen LogP contribution in [-0.4, -0.2) is 14.6 Å². The lowest BCUT2D eigenvalue weighted by molar-refractivity contribution is 0.409. The normalized spacial score (nSPS) is 28.9. The molecule has 1 aromatic heterocycles. The van der Waals surface area contributed by atoms with Gasteiger partial charge in [0.05, 0.1) is 16.4 Å². The molecule has 2 rings (SSSR count). The second-order valence-corrected chi connectivity index (χ2v) is 6.63. The van der Waals surface area contributed by atoms with E-state index in [9.17, 15) is 0 Å². The molecule has 0 radical (unpaired) electrons. The van der Waals surface area contributed by atoms with Gasteiger partial charge < -0.3 is 0 Å². The molecular formula is C13H20BrClN2. The topological polar surface area (TPSA) is 17.8 Å². The smallest absolute Gasteiger partial charge is 0.0847 e. The number of halogens is 2. The highest BCUT2D eigenvalue weighted by atomic mass is 79.9. The van der Waals surface area contributed by atoms with Crippen LogP contribution in [0.25, 0.3) is 0 Å². The molecule has 17 heavy (non-hydrogen) atoms. The van der Waals surface area contributed by atoms with Crippen molar-refractivity contribution >= 4 is 27.5 Å². The molecule has 1 aliphatic carbocycles. The van der Waals surface area contributed by atoms with Gasteiger partial charge in [-0.3, -0.25) is 4.68 Å². The second-order valence-electron chi connectivity index (χ2n) is 5.08. The number of hydrogen-bond donors (Lipinski definition) is 0. The van der Waals surface area contributed by atoms with Gasteiger partial charge >= 0.3 is 0 Å². The highest BCUT2D eigenvalue weighted by Gasteiger charge is 2.32. The molecule has 1 saturated carbocycles. The van der Waals surface area contributed by atoms with Crippen molar-refractivity contribution in [2.24, 2.45) is 11.8 Å². The van der Waals surface area contributed by atoms with Gasteiger partial charge in [0, 0.05) is 11.4 Å². The maximum Gasteiger partial charge on any atom is 0.0847 e. The first-order valence-electron chi connectivity index (χ1n) is 6.40. The predicted molar refractivity (Wildman–Crippen MR) is 76.0 cm³/mol. The third-order valence-corrected chi connectivity index (χ3v) is 5.82. The Bertz CT molecular complexity index is 402. The fourth-order valence-electron chi connectivity index (χ4n) is 2.79. The molecule has 2 nitrogen and oxygen atoms in total. The fourth-order valence-corrected chi connectivity index (χ4v) is 3.70. The van der Waals surface area contributed by atoms with Gasteiger partial charge in [-0.2, -0.15) is 5.10 Å². The molecule has 1 fully saturated rings. The van der Waals surface area contributed by atoms with Crippen molar-refractivity contribution in [3.63, 3.8) is 0 Å². The van der Waals surface area contributed by atoms with Crippen LogP contribution in [0.15, 0.2) is 0 Å². The number of rotatable bonds is 3. The van der Waals surface area contributed by atoms with Crippen LogP contribution < -0.4 is 0 Å². The third kappa shape index (κ3) is 2.55. The molecule has 0 aromatic carbocycles. The minimum atomic E-state index is 0.672. The van der Waals surface area contributed by atoms with E-state index in [1.165, 1.54) is 18.5 Å². The maximum absolute atomic E-state index is 6.36. The van der Waals surface area contributed by atoms with Crippen LogP contribution in [-0.2, 0) is 13.0 Å². The number of nitrogens with zero attached hydrogens (tertiary/aromatic N) is 2. The summed E-state index contributed by atoms with van der Waals surface area (Å²) in [5, 5.41) is 5.36. The van der Waals surface area contributed by atoms with Crippen LogP contribution in [0.2, 0.25) is 5.02 Å². The van der Waals surface area contributed by atoms with E-state index >= 15 is 0 Å². The monoisotopic (exact) mass is 318 g/mol. The van der Waals surface area contributed by atoms with Crippen molar-refractivity contribution in [1.29, 1.82) is 0 Å². The van der Waals surface area contributed by atoms with E-state index in [0.717, 1.165) is 35.5 Å². The first-order valence-corrected chi connectivity index (χ1v) is 7.69. The van der Waals surface area contributed by atoms with E-state index in [2.05, 4.69) is 39.6 Å². The Balaban J connectivity index is 2.18. The van der Waals surface area contributed by atoms with Crippen molar-refractivity contribution in [1.82, 2.24) is 9.78 Å². The summed E-state index contributed by atoms with van der Waals surface area (Å²) in [6, 6.07) is 0. The van der Waals surface area contributed by atoms with Crippen LogP contribution in [0.1, 0.15) is 38.1 Å². The zero-order valence-corrected chi connectivity index (χ0v) is 13.1. The minimum Gasteiger partial charge on any atom is -0.268 e. The Morgan fingerprint density at radius 2 is 2.18 bits per heavy atom. The first kappa shape index (κ1) is 13.4. The highest BCUT2D eigenvalue weighted by molar-refractivity contribution is 9.09. The Morgan fingerprint density at radius 3 is 2.71 bits per heavy atom. The summed E-state index contributed by atoms with van der Waals surface area (Å²) < 4.78 is 2.06. The molecule has 0 spiro atoms. The van der Waals surface area contributed by atoms with Crippen molar-refractivity contribution in [2.45, 2.75) is 51.4 Å². The van der Waals surface area contributed by atoms with Gasteiger partial charge in [-0.05, 0) is 44.9 Å². The van der Waals surface area contributed by atoms with Crippen molar-refractivity contribution < 1.29 is 0 Å².